The number of anilines is 2. The van der Waals surface area contributed by atoms with Crippen LogP contribution in [-0.2, 0) is 10.0 Å². The lowest BCUT2D eigenvalue weighted by Gasteiger charge is -2.31. The summed E-state index contributed by atoms with van der Waals surface area (Å²) in [5.41, 5.74) is 1.66. The minimum atomic E-state index is -3.64. The van der Waals surface area contributed by atoms with Crippen LogP contribution in [-0.4, -0.2) is 44.8 Å². The van der Waals surface area contributed by atoms with Crippen LogP contribution in [0, 0.1) is 0 Å². The second kappa shape index (κ2) is 9.81. The van der Waals surface area contributed by atoms with Crippen molar-refractivity contribution in [1.29, 1.82) is 0 Å². The summed E-state index contributed by atoms with van der Waals surface area (Å²) in [6.07, 6.45) is 3.31. The fraction of sp³-hybridized carbons (Fsp3) is 0.409. The Morgan fingerprint density at radius 2 is 1.73 bits per heavy atom. The average Bonchev–Trinajstić information content (AvgIpc) is 2.75. The van der Waals surface area contributed by atoms with E-state index < -0.39 is 10.0 Å². The molecule has 0 unspecified atom stereocenters. The van der Waals surface area contributed by atoms with Gasteiger partial charge in [0, 0.05) is 26.2 Å². The number of hydrogen-bond acceptors (Lipinski definition) is 4. The first-order chi connectivity index (χ1) is 14.4. The summed E-state index contributed by atoms with van der Waals surface area (Å²) in [5, 5.41) is 3.25. The Morgan fingerprint density at radius 3 is 2.37 bits per heavy atom. The van der Waals surface area contributed by atoms with Gasteiger partial charge in [-0.05, 0) is 49.6 Å². The predicted octanol–water partition coefficient (Wildman–Crippen LogP) is 4.61. The van der Waals surface area contributed by atoms with Gasteiger partial charge in [0.25, 0.3) is 5.91 Å². The van der Waals surface area contributed by atoms with E-state index in [1.165, 1.54) is 10.7 Å². The number of nitrogens with one attached hydrogen (secondary N) is 1. The molecule has 0 radical (unpaired) electrons. The largest absolute Gasteiger partial charge is 0.370 e. The van der Waals surface area contributed by atoms with Gasteiger partial charge >= 0.3 is 0 Å². The Balaban J connectivity index is 2.02. The number of piperidine rings is 1. The number of rotatable bonds is 7. The van der Waals surface area contributed by atoms with Crippen molar-refractivity contribution in [3.8, 4) is 0 Å². The molecule has 3 rings (SSSR count). The molecular formula is C22H28ClN3O3S. The minimum Gasteiger partial charge on any atom is -0.370 e. The lowest BCUT2D eigenvalue weighted by Crippen LogP contribution is -2.32. The van der Waals surface area contributed by atoms with Crippen LogP contribution in [0.4, 0.5) is 11.4 Å². The molecule has 1 aliphatic heterocycles. The molecule has 0 spiro atoms. The normalized spacial score (nSPS) is 14.7. The molecule has 1 saturated heterocycles. The first-order valence-electron chi connectivity index (χ1n) is 10.3. The van der Waals surface area contributed by atoms with Gasteiger partial charge in [-0.3, -0.25) is 4.79 Å². The highest BCUT2D eigenvalue weighted by Gasteiger charge is 2.25. The number of nitrogens with zero attached hydrogens (tertiary/aromatic N) is 2. The molecule has 1 amide bonds. The topological polar surface area (TPSA) is 69.7 Å². The van der Waals surface area contributed by atoms with Gasteiger partial charge in [-0.1, -0.05) is 37.6 Å². The number of benzene rings is 2. The number of carbonyl (C=O) groups excluding carboxylic acids is 1. The summed E-state index contributed by atoms with van der Waals surface area (Å²) in [4.78, 5) is 15.3. The van der Waals surface area contributed by atoms with E-state index in [-0.39, 0.29) is 10.8 Å². The molecule has 6 nitrogen and oxygen atoms in total. The average molecular weight is 450 g/mol. The standard InChI is InChI=1S/C22H28ClN3O3S/c1-3-26(4-2)30(28,29)17-12-13-21(25-14-8-5-9-15-25)20(16-17)24-22(27)18-10-6-7-11-19(18)23/h6-7,10-13,16H,3-5,8-9,14-15H2,1-2H3,(H,24,27). The summed E-state index contributed by atoms with van der Waals surface area (Å²) in [5.74, 6) is -0.365. The third-order valence-corrected chi connectivity index (χ3v) is 7.75. The lowest BCUT2D eigenvalue weighted by molar-refractivity contribution is 0.102. The second-order valence-electron chi connectivity index (χ2n) is 7.25. The van der Waals surface area contributed by atoms with Crippen molar-refractivity contribution < 1.29 is 13.2 Å². The molecule has 30 heavy (non-hydrogen) atoms. The first kappa shape index (κ1) is 22.6. The van der Waals surface area contributed by atoms with Gasteiger partial charge in [-0.15, -0.1) is 0 Å². The Bertz CT molecular complexity index is 1000. The van der Waals surface area contributed by atoms with Crippen molar-refractivity contribution in [3.05, 3.63) is 53.1 Å². The summed E-state index contributed by atoms with van der Waals surface area (Å²) in [7, 11) is -3.64. The summed E-state index contributed by atoms with van der Waals surface area (Å²) >= 11 is 6.18. The third-order valence-electron chi connectivity index (χ3n) is 5.37. The fourth-order valence-corrected chi connectivity index (χ4v) is 5.44. The van der Waals surface area contributed by atoms with E-state index in [0.717, 1.165) is 31.6 Å². The third kappa shape index (κ3) is 4.79. The zero-order valence-corrected chi connectivity index (χ0v) is 19.0. The van der Waals surface area contributed by atoms with Gasteiger partial charge in [-0.25, -0.2) is 8.42 Å². The molecule has 1 fully saturated rings. The molecule has 1 N–H and O–H groups in total. The number of halogens is 1. The molecule has 8 heteroatoms. The first-order valence-corrected chi connectivity index (χ1v) is 12.1. The number of sulfonamides is 1. The van der Waals surface area contributed by atoms with Crippen LogP contribution in [0.2, 0.25) is 5.02 Å². The van der Waals surface area contributed by atoms with E-state index in [1.54, 1.807) is 42.5 Å². The molecule has 0 saturated carbocycles. The van der Waals surface area contributed by atoms with Gasteiger partial charge < -0.3 is 10.2 Å². The number of hydrogen-bond donors (Lipinski definition) is 1. The van der Waals surface area contributed by atoms with E-state index in [2.05, 4.69) is 10.2 Å². The van der Waals surface area contributed by atoms with Crippen LogP contribution in [0.25, 0.3) is 0 Å². The molecule has 2 aromatic carbocycles. The molecule has 0 aliphatic carbocycles. The summed E-state index contributed by atoms with van der Waals surface area (Å²) < 4.78 is 27.5. The van der Waals surface area contributed by atoms with Crippen LogP contribution >= 0.6 is 11.6 Å². The molecule has 1 aliphatic rings. The van der Waals surface area contributed by atoms with Crippen molar-refractivity contribution in [3.63, 3.8) is 0 Å². The maximum atomic E-state index is 13.0. The van der Waals surface area contributed by atoms with E-state index >= 15 is 0 Å². The number of carbonyl (C=O) groups is 1. The van der Waals surface area contributed by atoms with Gasteiger partial charge in [0.05, 0.1) is 26.9 Å². The highest BCUT2D eigenvalue weighted by atomic mass is 35.5. The van der Waals surface area contributed by atoms with Gasteiger partial charge in [0.1, 0.15) is 0 Å². The molecule has 1 heterocycles. The maximum absolute atomic E-state index is 13.0. The molecule has 162 valence electrons. The monoisotopic (exact) mass is 449 g/mol. The second-order valence-corrected chi connectivity index (χ2v) is 9.60. The summed E-state index contributed by atoms with van der Waals surface area (Å²) in [6, 6.07) is 11.8. The van der Waals surface area contributed by atoms with Crippen molar-refractivity contribution in [2.45, 2.75) is 38.0 Å². The van der Waals surface area contributed by atoms with Crippen LogP contribution in [0.1, 0.15) is 43.5 Å². The molecular weight excluding hydrogens is 422 g/mol. The fourth-order valence-electron chi connectivity index (χ4n) is 3.73. The maximum Gasteiger partial charge on any atom is 0.257 e. The zero-order chi connectivity index (χ0) is 21.7. The highest BCUT2D eigenvalue weighted by molar-refractivity contribution is 7.89. The van der Waals surface area contributed by atoms with Gasteiger partial charge in [0.2, 0.25) is 10.0 Å². The lowest BCUT2D eigenvalue weighted by atomic mass is 10.1. The van der Waals surface area contributed by atoms with Crippen LogP contribution in [0.15, 0.2) is 47.4 Å². The van der Waals surface area contributed by atoms with Gasteiger partial charge in [0.15, 0.2) is 0 Å². The van der Waals surface area contributed by atoms with Crippen LogP contribution in [0.3, 0.4) is 0 Å². The van der Waals surface area contributed by atoms with Crippen molar-refractivity contribution in [2.75, 3.05) is 36.4 Å². The Morgan fingerprint density at radius 1 is 1.07 bits per heavy atom. The van der Waals surface area contributed by atoms with Crippen LogP contribution < -0.4 is 10.2 Å². The van der Waals surface area contributed by atoms with E-state index in [9.17, 15) is 13.2 Å². The smallest absolute Gasteiger partial charge is 0.257 e. The van der Waals surface area contributed by atoms with E-state index in [0.29, 0.717) is 29.4 Å². The van der Waals surface area contributed by atoms with Crippen molar-refractivity contribution in [2.24, 2.45) is 0 Å². The van der Waals surface area contributed by atoms with E-state index in [4.69, 9.17) is 11.6 Å². The highest BCUT2D eigenvalue weighted by Crippen LogP contribution is 2.32. The Hall–Kier alpha value is -2.09. The molecule has 0 bridgehead atoms. The van der Waals surface area contributed by atoms with E-state index in [1.807, 2.05) is 13.8 Å². The van der Waals surface area contributed by atoms with Crippen molar-refractivity contribution in [1.82, 2.24) is 4.31 Å². The van der Waals surface area contributed by atoms with Gasteiger partial charge in [-0.2, -0.15) is 4.31 Å². The Kier molecular flexibility index (Phi) is 7.39. The quantitative estimate of drug-likeness (QED) is 0.669. The SMILES string of the molecule is CCN(CC)S(=O)(=O)c1ccc(N2CCCCC2)c(NC(=O)c2ccccc2Cl)c1. The Labute approximate surface area is 183 Å². The van der Waals surface area contributed by atoms with Crippen LogP contribution in [0.5, 0.6) is 0 Å². The molecule has 0 aromatic heterocycles. The predicted molar refractivity (Wildman–Crippen MR) is 122 cm³/mol. The number of amides is 1. The van der Waals surface area contributed by atoms with Crippen molar-refractivity contribution >= 4 is 38.9 Å². The minimum absolute atomic E-state index is 0.168. The zero-order valence-electron chi connectivity index (χ0n) is 17.4. The molecule has 2 aromatic rings. The summed E-state index contributed by atoms with van der Waals surface area (Å²) in [6.45, 7) is 6.13. The molecule has 0 atom stereocenters.